The predicted octanol–water partition coefficient (Wildman–Crippen LogP) is 4.37. The van der Waals surface area contributed by atoms with Gasteiger partial charge in [0.05, 0.1) is 24.3 Å². The smallest absolute Gasteiger partial charge is 0.416 e. The van der Waals surface area contributed by atoms with Crippen LogP contribution >= 0.6 is 0 Å². The summed E-state index contributed by atoms with van der Waals surface area (Å²) >= 11 is 0. The monoisotopic (exact) mass is 548 g/mol. The number of carbonyl (C=O) groups is 3. The molecule has 1 aliphatic carbocycles. The van der Waals surface area contributed by atoms with Gasteiger partial charge in [0.15, 0.2) is 6.61 Å². The second-order valence-corrected chi connectivity index (χ2v) is 9.67. The van der Waals surface area contributed by atoms with E-state index in [2.05, 4.69) is 5.32 Å². The number of halogens is 3. The highest BCUT2D eigenvalue weighted by Crippen LogP contribution is 2.30. The van der Waals surface area contributed by atoms with E-state index in [1.165, 1.54) is 24.1 Å². The van der Waals surface area contributed by atoms with Crippen LogP contribution in [0.3, 0.4) is 0 Å². The van der Waals surface area contributed by atoms with Crippen LogP contribution < -0.4 is 14.8 Å². The summed E-state index contributed by atoms with van der Waals surface area (Å²) in [6, 6.07) is 10.3. The highest BCUT2D eigenvalue weighted by molar-refractivity contribution is 5.89. The molecule has 1 N–H and O–H groups in total. The molecular weight excluding hydrogens is 517 g/mol. The summed E-state index contributed by atoms with van der Waals surface area (Å²) in [4.78, 5) is 38.8. The minimum atomic E-state index is -4.45. The van der Waals surface area contributed by atoms with E-state index in [0.717, 1.165) is 37.8 Å². The largest absolute Gasteiger partial charge is 0.490 e. The van der Waals surface area contributed by atoms with E-state index in [1.54, 1.807) is 24.3 Å². The number of carbonyl (C=O) groups excluding carboxylic acids is 3. The van der Waals surface area contributed by atoms with Gasteiger partial charge in [0.2, 0.25) is 5.91 Å². The third-order valence-electron chi connectivity index (χ3n) is 7.02. The SMILES string of the molecule is COC(=O)c1ccc(OC2CCC(NC(=O)[C@H]3CCCN3C(=O)COc3ccc(C(F)(F)F)cc3)CC2)cc1. The topological polar surface area (TPSA) is 94.2 Å². The van der Waals surface area contributed by atoms with Gasteiger partial charge in [0.25, 0.3) is 5.91 Å². The van der Waals surface area contributed by atoms with Crippen molar-refractivity contribution in [1.29, 1.82) is 0 Å². The van der Waals surface area contributed by atoms with Crippen LogP contribution in [0.1, 0.15) is 54.4 Å². The van der Waals surface area contributed by atoms with E-state index in [1.807, 2.05) is 0 Å². The van der Waals surface area contributed by atoms with E-state index in [0.29, 0.717) is 30.7 Å². The number of hydrogen-bond acceptors (Lipinski definition) is 6. The summed E-state index contributed by atoms with van der Waals surface area (Å²) in [5.41, 5.74) is -0.353. The zero-order valence-corrected chi connectivity index (χ0v) is 21.5. The lowest BCUT2D eigenvalue weighted by Crippen LogP contribution is -2.50. The van der Waals surface area contributed by atoms with Crippen LogP contribution in [-0.4, -0.2) is 61.1 Å². The fourth-order valence-corrected chi connectivity index (χ4v) is 4.91. The van der Waals surface area contributed by atoms with Gasteiger partial charge < -0.3 is 24.4 Å². The van der Waals surface area contributed by atoms with Gasteiger partial charge in [-0.3, -0.25) is 9.59 Å². The number of methoxy groups -OCH3 is 1. The van der Waals surface area contributed by atoms with Gasteiger partial charge in [-0.05, 0) is 87.1 Å². The third-order valence-corrected chi connectivity index (χ3v) is 7.02. The molecule has 0 radical (unpaired) electrons. The van der Waals surface area contributed by atoms with Gasteiger partial charge in [-0.1, -0.05) is 0 Å². The Kier molecular flexibility index (Phi) is 8.98. The molecule has 0 unspecified atom stereocenters. The number of hydrogen-bond donors (Lipinski definition) is 1. The van der Waals surface area contributed by atoms with Crippen molar-refractivity contribution in [3.8, 4) is 11.5 Å². The van der Waals surface area contributed by atoms with Crippen LogP contribution in [0, 0.1) is 0 Å². The van der Waals surface area contributed by atoms with Crippen LogP contribution in [0.2, 0.25) is 0 Å². The Morgan fingerprint density at radius 1 is 0.923 bits per heavy atom. The quantitative estimate of drug-likeness (QED) is 0.493. The lowest BCUT2D eigenvalue weighted by Gasteiger charge is -2.31. The van der Waals surface area contributed by atoms with Crippen molar-refractivity contribution in [3.63, 3.8) is 0 Å². The first kappa shape index (κ1) is 28.3. The van der Waals surface area contributed by atoms with E-state index in [-0.39, 0.29) is 36.3 Å². The molecule has 2 aromatic rings. The molecule has 39 heavy (non-hydrogen) atoms. The summed E-state index contributed by atoms with van der Waals surface area (Å²) in [6.07, 6.45) is -0.277. The predicted molar refractivity (Wildman–Crippen MR) is 134 cm³/mol. The fourth-order valence-electron chi connectivity index (χ4n) is 4.91. The van der Waals surface area contributed by atoms with Gasteiger partial charge in [0, 0.05) is 12.6 Å². The molecule has 0 spiro atoms. The van der Waals surface area contributed by atoms with Crippen molar-refractivity contribution in [3.05, 3.63) is 59.7 Å². The lowest BCUT2D eigenvalue weighted by atomic mass is 9.92. The fraction of sp³-hybridized carbons (Fsp3) is 0.464. The molecule has 2 aromatic carbocycles. The number of nitrogens with one attached hydrogen (secondary N) is 1. The zero-order valence-electron chi connectivity index (χ0n) is 21.5. The van der Waals surface area contributed by atoms with Crippen molar-refractivity contribution in [2.75, 3.05) is 20.3 Å². The molecule has 1 heterocycles. The van der Waals surface area contributed by atoms with Crippen LogP contribution in [0.5, 0.6) is 11.5 Å². The molecule has 8 nitrogen and oxygen atoms in total. The van der Waals surface area contributed by atoms with Crippen molar-refractivity contribution in [1.82, 2.24) is 10.2 Å². The Labute approximate surface area is 224 Å². The van der Waals surface area contributed by atoms with Crippen molar-refractivity contribution in [2.24, 2.45) is 0 Å². The molecule has 4 rings (SSSR count). The average molecular weight is 549 g/mol. The normalized spacial score (nSPS) is 21.2. The molecule has 210 valence electrons. The first-order valence-electron chi connectivity index (χ1n) is 12.9. The second-order valence-electron chi connectivity index (χ2n) is 9.67. The highest BCUT2D eigenvalue weighted by Gasteiger charge is 2.36. The van der Waals surface area contributed by atoms with Crippen LogP contribution in [0.4, 0.5) is 13.2 Å². The Morgan fingerprint density at radius 2 is 1.56 bits per heavy atom. The third kappa shape index (κ3) is 7.42. The van der Waals surface area contributed by atoms with Crippen molar-refractivity contribution >= 4 is 17.8 Å². The maximum atomic E-state index is 13.0. The maximum Gasteiger partial charge on any atom is 0.416 e. The highest BCUT2D eigenvalue weighted by atomic mass is 19.4. The lowest BCUT2D eigenvalue weighted by molar-refractivity contribution is -0.140. The van der Waals surface area contributed by atoms with E-state index < -0.39 is 23.8 Å². The number of likely N-dealkylation sites (tertiary alicyclic amines) is 1. The summed E-state index contributed by atoms with van der Waals surface area (Å²) in [5, 5.41) is 3.06. The Balaban J connectivity index is 1.21. The molecule has 1 saturated heterocycles. The zero-order chi connectivity index (χ0) is 28.0. The Bertz CT molecular complexity index is 1150. The van der Waals surface area contributed by atoms with Crippen LogP contribution in [0.15, 0.2) is 48.5 Å². The first-order valence-corrected chi connectivity index (χ1v) is 12.9. The molecule has 0 bridgehead atoms. The number of nitrogens with zero attached hydrogens (tertiary/aromatic N) is 1. The molecule has 2 amide bonds. The number of alkyl halides is 3. The summed E-state index contributed by atoms with van der Waals surface area (Å²) in [5.74, 6) is -0.197. The summed E-state index contributed by atoms with van der Waals surface area (Å²) in [7, 11) is 1.33. The standard InChI is InChI=1S/C28H31F3N2O6/c1-37-27(36)18-4-10-22(11-5-18)39-23-14-8-20(9-15-23)32-26(35)24-3-2-16-33(24)25(34)17-38-21-12-6-19(7-13-21)28(29,30)31/h4-7,10-13,20,23-24H,2-3,8-9,14-17H2,1H3,(H,32,35)/t20?,23?,24-/m1/s1. The average Bonchev–Trinajstić information content (AvgIpc) is 3.43. The number of rotatable bonds is 8. The number of amides is 2. The summed E-state index contributed by atoms with van der Waals surface area (Å²) < 4.78 is 54.3. The summed E-state index contributed by atoms with van der Waals surface area (Å²) in [6.45, 7) is 0.0564. The molecule has 2 fully saturated rings. The van der Waals surface area contributed by atoms with Gasteiger partial charge in [-0.15, -0.1) is 0 Å². The molecule has 1 aliphatic heterocycles. The maximum absolute atomic E-state index is 13.0. The first-order chi connectivity index (χ1) is 18.6. The van der Waals surface area contributed by atoms with Crippen LogP contribution in [-0.2, 0) is 20.5 Å². The Morgan fingerprint density at radius 3 is 2.18 bits per heavy atom. The number of ether oxygens (including phenoxy) is 3. The Hall–Kier alpha value is -3.76. The van der Waals surface area contributed by atoms with Gasteiger partial charge in [-0.2, -0.15) is 13.2 Å². The number of benzene rings is 2. The van der Waals surface area contributed by atoms with Crippen LogP contribution in [0.25, 0.3) is 0 Å². The minimum absolute atomic E-state index is 0.00553. The second kappa shape index (κ2) is 12.4. The molecule has 2 aliphatic rings. The molecule has 1 saturated carbocycles. The molecule has 0 aromatic heterocycles. The molecule has 1 atom stereocenters. The van der Waals surface area contributed by atoms with E-state index in [9.17, 15) is 27.6 Å². The van der Waals surface area contributed by atoms with Crippen molar-refractivity contribution < 1.29 is 41.8 Å². The molecule has 11 heteroatoms. The van der Waals surface area contributed by atoms with Gasteiger partial charge in [0.1, 0.15) is 17.5 Å². The van der Waals surface area contributed by atoms with E-state index >= 15 is 0 Å². The van der Waals surface area contributed by atoms with Gasteiger partial charge >= 0.3 is 12.1 Å². The van der Waals surface area contributed by atoms with Crippen molar-refractivity contribution in [2.45, 2.75) is 62.9 Å². The molecular formula is C28H31F3N2O6. The van der Waals surface area contributed by atoms with Gasteiger partial charge in [-0.25, -0.2) is 4.79 Å². The number of esters is 1. The van der Waals surface area contributed by atoms with E-state index in [4.69, 9.17) is 14.2 Å². The minimum Gasteiger partial charge on any atom is -0.490 e.